The maximum atomic E-state index is 13.4. The van der Waals surface area contributed by atoms with Crippen LogP contribution in [0.5, 0.6) is 0 Å². The molecule has 4 rings (SSSR count). The Kier molecular flexibility index (Phi) is 5.78. The molecule has 0 saturated heterocycles. The van der Waals surface area contributed by atoms with Gasteiger partial charge in [0.15, 0.2) is 0 Å². The third-order valence-corrected chi connectivity index (χ3v) is 5.39. The Morgan fingerprint density at radius 3 is 2.26 bits per heavy atom. The van der Waals surface area contributed by atoms with E-state index in [0.29, 0.717) is 27.2 Å². The van der Waals surface area contributed by atoms with E-state index in [0.717, 1.165) is 0 Å². The molecule has 0 fully saturated rings. The molecule has 0 aliphatic carbocycles. The first-order valence-corrected chi connectivity index (χ1v) is 10.1. The number of nitrogens with zero attached hydrogens (tertiary/aromatic N) is 3. The van der Waals surface area contributed by atoms with Crippen molar-refractivity contribution in [3.63, 3.8) is 0 Å². The van der Waals surface area contributed by atoms with E-state index in [4.69, 9.17) is 34.8 Å². The highest BCUT2D eigenvalue weighted by Crippen LogP contribution is 2.29. The van der Waals surface area contributed by atoms with Gasteiger partial charge in [-0.05, 0) is 54.1 Å². The van der Waals surface area contributed by atoms with Crippen molar-refractivity contribution in [1.29, 1.82) is 0 Å². The number of benzene rings is 3. The van der Waals surface area contributed by atoms with E-state index < -0.39 is 4.92 Å². The van der Waals surface area contributed by atoms with Crippen LogP contribution in [0, 0.1) is 10.1 Å². The SMILES string of the molecule is O=c1c2cc(Cl)ccc2nc(C=Cc2ccc([N+](=O)[O-])cc2)n1-c1c(Cl)cccc1Cl. The lowest BCUT2D eigenvalue weighted by molar-refractivity contribution is -0.384. The number of halogens is 3. The van der Waals surface area contributed by atoms with Crippen LogP contribution in [0.25, 0.3) is 28.7 Å². The van der Waals surface area contributed by atoms with Crippen molar-refractivity contribution in [3.8, 4) is 5.69 Å². The average Bonchev–Trinajstić information content (AvgIpc) is 2.74. The molecule has 154 valence electrons. The van der Waals surface area contributed by atoms with Crippen LogP contribution in [-0.4, -0.2) is 14.5 Å². The summed E-state index contributed by atoms with van der Waals surface area (Å²) in [5.74, 6) is 0.285. The Morgan fingerprint density at radius 2 is 1.61 bits per heavy atom. The molecule has 0 N–H and O–H groups in total. The number of fused-ring (bicyclic) bond motifs is 1. The topological polar surface area (TPSA) is 78.0 Å². The standard InChI is InChI=1S/C22H12Cl3N3O3/c23-14-7-10-19-16(12-14)22(29)27(21-17(24)2-1-3-18(21)25)20(26-19)11-6-13-4-8-15(9-5-13)28(30)31/h1-12H. The van der Waals surface area contributed by atoms with Crippen molar-refractivity contribution in [2.75, 3.05) is 0 Å². The third kappa shape index (κ3) is 4.18. The van der Waals surface area contributed by atoms with Crippen molar-refractivity contribution in [1.82, 2.24) is 9.55 Å². The molecule has 1 heterocycles. The molecule has 0 aliphatic heterocycles. The van der Waals surface area contributed by atoms with E-state index in [2.05, 4.69) is 4.98 Å². The molecule has 0 amide bonds. The van der Waals surface area contributed by atoms with Gasteiger partial charge in [0.05, 0.1) is 31.6 Å². The van der Waals surface area contributed by atoms with Crippen LogP contribution in [0.1, 0.15) is 11.4 Å². The maximum Gasteiger partial charge on any atom is 0.269 e. The molecule has 31 heavy (non-hydrogen) atoms. The van der Waals surface area contributed by atoms with Gasteiger partial charge in [-0.3, -0.25) is 19.5 Å². The third-order valence-electron chi connectivity index (χ3n) is 4.55. The van der Waals surface area contributed by atoms with E-state index in [1.54, 1.807) is 54.6 Å². The van der Waals surface area contributed by atoms with Gasteiger partial charge in [0.2, 0.25) is 0 Å². The first-order valence-electron chi connectivity index (χ1n) is 8.94. The summed E-state index contributed by atoms with van der Waals surface area (Å²) in [7, 11) is 0. The highest BCUT2D eigenvalue weighted by atomic mass is 35.5. The number of para-hydroxylation sites is 1. The minimum atomic E-state index is -0.472. The number of nitro benzene ring substituents is 1. The van der Waals surface area contributed by atoms with Gasteiger partial charge in [0.1, 0.15) is 5.82 Å². The van der Waals surface area contributed by atoms with Crippen LogP contribution >= 0.6 is 34.8 Å². The van der Waals surface area contributed by atoms with Gasteiger partial charge in [0, 0.05) is 17.2 Å². The van der Waals surface area contributed by atoms with Crippen LogP contribution in [0.2, 0.25) is 15.1 Å². The van der Waals surface area contributed by atoms with E-state index in [-0.39, 0.29) is 27.1 Å². The molecule has 4 aromatic rings. The molecule has 0 radical (unpaired) electrons. The average molecular weight is 473 g/mol. The zero-order chi connectivity index (χ0) is 22.1. The molecule has 0 aliphatic rings. The summed E-state index contributed by atoms with van der Waals surface area (Å²) in [5.41, 5.74) is 1.04. The summed E-state index contributed by atoms with van der Waals surface area (Å²) < 4.78 is 1.32. The Hall–Kier alpha value is -3.19. The van der Waals surface area contributed by atoms with Gasteiger partial charge >= 0.3 is 0 Å². The Balaban J connectivity index is 1.94. The van der Waals surface area contributed by atoms with Gasteiger partial charge in [-0.15, -0.1) is 0 Å². The number of hydrogen-bond donors (Lipinski definition) is 0. The van der Waals surface area contributed by atoms with Gasteiger partial charge in [-0.1, -0.05) is 46.9 Å². The van der Waals surface area contributed by atoms with E-state index in [1.165, 1.54) is 22.8 Å². The van der Waals surface area contributed by atoms with Crippen LogP contribution in [0.15, 0.2) is 65.5 Å². The molecule has 9 heteroatoms. The largest absolute Gasteiger partial charge is 0.269 e. The second-order valence-corrected chi connectivity index (χ2v) is 7.78. The summed E-state index contributed by atoms with van der Waals surface area (Å²) in [5, 5.41) is 12.1. The second-order valence-electron chi connectivity index (χ2n) is 6.52. The highest BCUT2D eigenvalue weighted by Gasteiger charge is 2.16. The first kappa shape index (κ1) is 21.1. The van der Waals surface area contributed by atoms with Gasteiger partial charge in [0.25, 0.3) is 11.2 Å². The molecule has 0 atom stereocenters. The normalized spacial score (nSPS) is 11.3. The fourth-order valence-corrected chi connectivity index (χ4v) is 3.82. The zero-order valence-electron chi connectivity index (χ0n) is 15.6. The monoisotopic (exact) mass is 471 g/mol. The van der Waals surface area contributed by atoms with Crippen molar-refractivity contribution >= 4 is 63.5 Å². The van der Waals surface area contributed by atoms with E-state index in [9.17, 15) is 14.9 Å². The van der Waals surface area contributed by atoms with Crippen LogP contribution in [-0.2, 0) is 0 Å². The molecule has 0 saturated carbocycles. The van der Waals surface area contributed by atoms with Crippen molar-refractivity contribution in [2.24, 2.45) is 0 Å². The lowest BCUT2D eigenvalue weighted by Crippen LogP contribution is -2.23. The Labute approximate surface area is 191 Å². The lowest BCUT2D eigenvalue weighted by atomic mass is 10.2. The van der Waals surface area contributed by atoms with E-state index >= 15 is 0 Å². The quantitative estimate of drug-likeness (QED) is 0.253. The fraction of sp³-hybridized carbons (Fsp3) is 0. The molecular weight excluding hydrogens is 461 g/mol. The van der Waals surface area contributed by atoms with Crippen LogP contribution in [0.3, 0.4) is 0 Å². The molecule has 0 bridgehead atoms. The number of rotatable bonds is 4. The predicted molar refractivity (Wildman–Crippen MR) is 124 cm³/mol. The van der Waals surface area contributed by atoms with Gasteiger partial charge in [-0.25, -0.2) is 4.98 Å². The predicted octanol–water partition coefficient (Wildman–Crippen LogP) is 6.42. The number of non-ortho nitro benzene ring substituents is 1. The summed E-state index contributed by atoms with van der Waals surface area (Å²) in [4.78, 5) is 28.3. The van der Waals surface area contributed by atoms with Crippen molar-refractivity contribution in [3.05, 3.63) is 108 Å². The van der Waals surface area contributed by atoms with Crippen LogP contribution < -0.4 is 5.56 Å². The van der Waals surface area contributed by atoms with Gasteiger partial charge in [-0.2, -0.15) is 0 Å². The Morgan fingerprint density at radius 1 is 0.935 bits per heavy atom. The summed E-state index contributed by atoms with van der Waals surface area (Å²) in [6.45, 7) is 0. The molecule has 3 aromatic carbocycles. The number of nitro groups is 1. The number of aromatic nitrogens is 2. The molecular formula is C22H12Cl3N3O3. The molecule has 0 unspecified atom stereocenters. The summed E-state index contributed by atoms with van der Waals surface area (Å²) >= 11 is 18.8. The minimum Gasteiger partial charge on any atom is -0.268 e. The van der Waals surface area contributed by atoms with Gasteiger partial charge < -0.3 is 0 Å². The van der Waals surface area contributed by atoms with Crippen LogP contribution in [0.4, 0.5) is 5.69 Å². The summed E-state index contributed by atoms with van der Waals surface area (Å²) in [6.07, 6.45) is 3.31. The second kappa shape index (κ2) is 8.51. The minimum absolute atomic E-state index is 0.0161. The maximum absolute atomic E-state index is 13.4. The molecule has 0 spiro atoms. The first-order chi connectivity index (χ1) is 14.8. The lowest BCUT2D eigenvalue weighted by Gasteiger charge is -2.14. The Bertz CT molecular complexity index is 1390. The number of hydrogen-bond acceptors (Lipinski definition) is 4. The zero-order valence-corrected chi connectivity index (χ0v) is 17.9. The molecule has 1 aromatic heterocycles. The smallest absolute Gasteiger partial charge is 0.268 e. The highest BCUT2D eigenvalue weighted by molar-refractivity contribution is 6.37. The summed E-state index contributed by atoms with van der Waals surface area (Å²) in [6, 6.07) is 15.8. The van der Waals surface area contributed by atoms with Crippen molar-refractivity contribution < 1.29 is 4.92 Å². The molecule has 6 nitrogen and oxygen atoms in total. The fourth-order valence-electron chi connectivity index (χ4n) is 3.08. The van der Waals surface area contributed by atoms with Crippen molar-refractivity contribution in [2.45, 2.75) is 0 Å². The van der Waals surface area contributed by atoms with E-state index in [1.807, 2.05) is 0 Å².